The molecular weight excluding hydrogens is 190 g/mol. The quantitative estimate of drug-likeness (QED) is 0.762. The smallest absolute Gasteiger partial charge is 0.159 e. The van der Waals surface area contributed by atoms with Gasteiger partial charge in [-0.05, 0) is 44.2 Å². The molecule has 15 heavy (non-hydrogen) atoms. The maximum Gasteiger partial charge on any atom is 0.159 e. The molecule has 1 aromatic carbocycles. The molecule has 0 aromatic heterocycles. The molecule has 0 radical (unpaired) electrons. The van der Waals surface area contributed by atoms with Gasteiger partial charge in [-0.15, -0.1) is 0 Å². The number of hydrogen-bond acceptors (Lipinski definition) is 3. The Labute approximate surface area is 89.4 Å². The number of ketones is 1. The third-order valence-corrected chi connectivity index (χ3v) is 2.58. The van der Waals surface area contributed by atoms with E-state index in [1.54, 1.807) is 19.1 Å². The van der Waals surface area contributed by atoms with Gasteiger partial charge in [-0.3, -0.25) is 4.79 Å². The van der Waals surface area contributed by atoms with E-state index in [0.29, 0.717) is 0 Å². The van der Waals surface area contributed by atoms with Crippen molar-refractivity contribution in [3.63, 3.8) is 0 Å². The first-order valence-electron chi connectivity index (χ1n) is 5.24. The van der Waals surface area contributed by atoms with Gasteiger partial charge >= 0.3 is 0 Å². The van der Waals surface area contributed by atoms with Crippen LogP contribution >= 0.6 is 0 Å². The molecule has 1 aliphatic rings. The normalized spacial score (nSPS) is 20.2. The van der Waals surface area contributed by atoms with Gasteiger partial charge in [-0.1, -0.05) is 0 Å². The van der Waals surface area contributed by atoms with Crippen molar-refractivity contribution in [2.75, 3.05) is 13.1 Å². The molecule has 1 heterocycles. The Hall–Kier alpha value is -1.35. The minimum Gasteiger partial charge on any atom is -0.489 e. The van der Waals surface area contributed by atoms with E-state index >= 15 is 0 Å². The summed E-state index contributed by atoms with van der Waals surface area (Å²) in [5.41, 5.74) is 0.729. The minimum atomic E-state index is 0.0871. The molecule has 1 aliphatic heterocycles. The Morgan fingerprint density at radius 3 is 2.67 bits per heavy atom. The topological polar surface area (TPSA) is 38.3 Å². The van der Waals surface area contributed by atoms with Crippen LogP contribution in [0.15, 0.2) is 24.3 Å². The summed E-state index contributed by atoms with van der Waals surface area (Å²) in [4.78, 5) is 11.1. The van der Waals surface area contributed by atoms with E-state index in [1.165, 1.54) is 0 Å². The lowest BCUT2D eigenvalue weighted by Crippen LogP contribution is -2.19. The molecule has 1 fully saturated rings. The average Bonchev–Trinajstić information content (AvgIpc) is 2.71. The summed E-state index contributed by atoms with van der Waals surface area (Å²) in [6, 6.07) is 7.32. The minimum absolute atomic E-state index is 0.0871. The van der Waals surface area contributed by atoms with E-state index < -0.39 is 0 Å². The molecule has 0 saturated carbocycles. The van der Waals surface area contributed by atoms with Crippen LogP contribution in [0, 0.1) is 0 Å². The number of ether oxygens (including phenoxy) is 1. The van der Waals surface area contributed by atoms with Crippen molar-refractivity contribution in [1.82, 2.24) is 5.32 Å². The maximum absolute atomic E-state index is 11.1. The zero-order valence-corrected chi connectivity index (χ0v) is 8.82. The highest BCUT2D eigenvalue weighted by Gasteiger charge is 2.15. The molecule has 1 saturated heterocycles. The fraction of sp³-hybridized carbons (Fsp3) is 0.417. The summed E-state index contributed by atoms with van der Waals surface area (Å²) in [7, 11) is 0. The highest BCUT2D eigenvalue weighted by atomic mass is 16.5. The molecule has 2 rings (SSSR count). The summed E-state index contributed by atoms with van der Waals surface area (Å²) in [5.74, 6) is 0.929. The third kappa shape index (κ3) is 2.57. The first-order valence-corrected chi connectivity index (χ1v) is 5.24. The molecule has 3 heteroatoms. The highest BCUT2D eigenvalue weighted by molar-refractivity contribution is 5.94. The van der Waals surface area contributed by atoms with Crippen LogP contribution in [0.3, 0.4) is 0 Å². The second-order valence-electron chi connectivity index (χ2n) is 3.81. The molecule has 0 unspecified atom stereocenters. The number of benzene rings is 1. The lowest BCUT2D eigenvalue weighted by atomic mass is 10.1. The van der Waals surface area contributed by atoms with Gasteiger partial charge in [0.2, 0.25) is 0 Å². The monoisotopic (exact) mass is 205 g/mol. The van der Waals surface area contributed by atoms with Crippen LogP contribution in [0.25, 0.3) is 0 Å². The molecule has 3 nitrogen and oxygen atoms in total. The van der Waals surface area contributed by atoms with Gasteiger partial charge in [0, 0.05) is 12.1 Å². The Bertz CT molecular complexity index is 339. The van der Waals surface area contributed by atoms with Gasteiger partial charge in [0.25, 0.3) is 0 Å². The van der Waals surface area contributed by atoms with E-state index in [9.17, 15) is 4.79 Å². The number of nitrogens with one attached hydrogen (secondary N) is 1. The van der Waals surface area contributed by atoms with Gasteiger partial charge in [0.1, 0.15) is 11.9 Å². The Morgan fingerprint density at radius 1 is 1.40 bits per heavy atom. The third-order valence-electron chi connectivity index (χ3n) is 2.58. The van der Waals surface area contributed by atoms with E-state index in [0.717, 1.165) is 30.8 Å². The molecule has 0 bridgehead atoms. The number of Topliss-reactive ketones (excluding diaryl/α,β-unsaturated/α-hetero) is 1. The summed E-state index contributed by atoms with van der Waals surface area (Å²) < 4.78 is 5.74. The van der Waals surface area contributed by atoms with Crippen molar-refractivity contribution in [3.8, 4) is 5.75 Å². The summed E-state index contributed by atoms with van der Waals surface area (Å²) in [6.07, 6.45) is 1.32. The fourth-order valence-corrected chi connectivity index (χ4v) is 1.69. The van der Waals surface area contributed by atoms with Gasteiger partial charge in [-0.2, -0.15) is 0 Å². The molecule has 0 spiro atoms. The largest absolute Gasteiger partial charge is 0.489 e. The second-order valence-corrected chi connectivity index (χ2v) is 3.81. The number of carbonyl (C=O) groups is 1. The van der Waals surface area contributed by atoms with Crippen molar-refractivity contribution >= 4 is 5.78 Å². The molecule has 80 valence electrons. The van der Waals surface area contributed by atoms with Crippen LogP contribution in [0.4, 0.5) is 0 Å². The first kappa shape index (κ1) is 10.2. The van der Waals surface area contributed by atoms with Crippen LogP contribution in [-0.4, -0.2) is 25.0 Å². The Morgan fingerprint density at radius 2 is 2.13 bits per heavy atom. The highest BCUT2D eigenvalue weighted by Crippen LogP contribution is 2.16. The first-order chi connectivity index (χ1) is 7.25. The lowest BCUT2D eigenvalue weighted by Gasteiger charge is -2.12. The van der Waals surface area contributed by atoms with E-state index in [2.05, 4.69) is 5.32 Å². The van der Waals surface area contributed by atoms with Crippen LogP contribution in [0.1, 0.15) is 23.7 Å². The van der Waals surface area contributed by atoms with Gasteiger partial charge in [0.15, 0.2) is 5.78 Å². The van der Waals surface area contributed by atoms with Crippen LogP contribution in [0.5, 0.6) is 5.75 Å². The summed E-state index contributed by atoms with van der Waals surface area (Å²) >= 11 is 0. The zero-order chi connectivity index (χ0) is 10.7. The number of rotatable bonds is 3. The van der Waals surface area contributed by atoms with Crippen molar-refractivity contribution < 1.29 is 9.53 Å². The Kier molecular flexibility index (Phi) is 3.02. The van der Waals surface area contributed by atoms with Crippen LogP contribution in [0.2, 0.25) is 0 Å². The molecule has 0 amide bonds. The van der Waals surface area contributed by atoms with Crippen molar-refractivity contribution in [2.24, 2.45) is 0 Å². The van der Waals surface area contributed by atoms with Crippen LogP contribution in [-0.2, 0) is 0 Å². The fourth-order valence-electron chi connectivity index (χ4n) is 1.69. The second kappa shape index (κ2) is 4.45. The zero-order valence-electron chi connectivity index (χ0n) is 8.82. The molecule has 1 aromatic rings. The number of carbonyl (C=O) groups excluding carboxylic acids is 1. The van der Waals surface area contributed by atoms with Crippen molar-refractivity contribution in [3.05, 3.63) is 29.8 Å². The van der Waals surface area contributed by atoms with E-state index in [4.69, 9.17) is 4.74 Å². The maximum atomic E-state index is 11.1. The Balaban J connectivity index is 2.00. The number of hydrogen-bond donors (Lipinski definition) is 1. The van der Waals surface area contributed by atoms with Crippen molar-refractivity contribution in [2.45, 2.75) is 19.4 Å². The SMILES string of the molecule is CC(=O)c1ccc(O[C@H]2CCNC2)cc1. The van der Waals surface area contributed by atoms with Gasteiger partial charge in [0.05, 0.1) is 0 Å². The van der Waals surface area contributed by atoms with E-state index in [1.807, 2.05) is 12.1 Å². The molecule has 1 atom stereocenters. The summed E-state index contributed by atoms with van der Waals surface area (Å²) in [5, 5.41) is 3.24. The molecule has 1 N–H and O–H groups in total. The van der Waals surface area contributed by atoms with Gasteiger partial charge < -0.3 is 10.1 Å². The molecular formula is C12H15NO2. The van der Waals surface area contributed by atoms with Gasteiger partial charge in [-0.25, -0.2) is 0 Å². The van der Waals surface area contributed by atoms with Crippen molar-refractivity contribution in [1.29, 1.82) is 0 Å². The average molecular weight is 205 g/mol. The predicted molar refractivity (Wildman–Crippen MR) is 58.3 cm³/mol. The molecule has 0 aliphatic carbocycles. The predicted octanol–water partition coefficient (Wildman–Crippen LogP) is 1.63. The van der Waals surface area contributed by atoms with E-state index in [-0.39, 0.29) is 11.9 Å². The standard InChI is InChI=1S/C12H15NO2/c1-9(14)10-2-4-11(5-3-10)15-12-6-7-13-8-12/h2-5,12-13H,6-8H2,1H3/t12-/m0/s1. The lowest BCUT2D eigenvalue weighted by molar-refractivity contribution is 0.101. The van der Waals surface area contributed by atoms with Crippen LogP contribution < -0.4 is 10.1 Å². The summed E-state index contributed by atoms with van der Waals surface area (Å²) in [6.45, 7) is 3.50.